The number of rotatable bonds is 5. The Morgan fingerprint density at radius 1 is 1.06 bits per heavy atom. The minimum Gasteiger partial charge on any atom is -0.341 e. The van der Waals surface area contributed by atoms with Gasteiger partial charge in [-0.2, -0.15) is 0 Å². The molecule has 2 saturated heterocycles. The van der Waals surface area contributed by atoms with Crippen LogP contribution in [0, 0.1) is 12.8 Å². The number of likely N-dealkylation sites (N-methyl/N-ethyl adjacent to an activating group) is 1. The van der Waals surface area contributed by atoms with Crippen LogP contribution in [0.4, 0.5) is 5.69 Å². The molecule has 1 atom stereocenters. The lowest BCUT2D eigenvalue weighted by Gasteiger charge is -2.44. The third kappa shape index (κ3) is 4.94. The summed E-state index contributed by atoms with van der Waals surface area (Å²) in [5.74, 6) is -0.306. The van der Waals surface area contributed by atoms with Crippen LogP contribution in [0.2, 0.25) is 0 Å². The number of carbonyl (C=O) groups is 3. The summed E-state index contributed by atoms with van der Waals surface area (Å²) in [4.78, 5) is 45.4. The second-order valence-corrected chi connectivity index (χ2v) is 10.9. The topological polar surface area (TPSA) is 73.0 Å². The third-order valence-corrected chi connectivity index (χ3v) is 7.68. The molecule has 2 aromatic rings. The molecule has 2 fully saturated rings. The quantitative estimate of drug-likeness (QED) is 0.625. The van der Waals surface area contributed by atoms with Crippen molar-refractivity contribution in [3.63, 3.8) is 0 Å². The van der Waals surface area contributed by atoms with Gasteiger partial charge in [0, 0.05) is 35.9 Å². The van der Waals surface area contributed by atoms with E-state index in [0.29, 0.717) is 38.2 Å². The van der Waals surface area contributed by atoms with Gasteiger partial charge >= 0.3 is 0 Å². The highest BCUT2D eigenvalue weighted by Crippen LogP contribution is 2.39. The molecule has 3 amide bonds. The fourth-order valence-corrected chi connectivity index (χ4v) is 5.40. The van der Waals surface area contributed by atoms with Crippen molar-refractivity contribution in [1.29, 1.82) is 0 Å². The third-order valence-electron chi connectivity index (χ3n) is 7.16. The van der Waals surface area contributed by atoms with Crippen molar-refractivity contribution in [3.8, 4) is 0 Å². The lowest BCUT2D eigenvalue weighted by molar-refractivity contribution is -0.139. The maximum Gasteiger partial charge on any atom is 0.251 e. The van der Waals surface area contributed by atoms with Crippen LogP contribution >= 0.6 is 15.9 Å². The fraction of sp³-hybridized carbons (Fsp3) is 0.444. The molecule has 0 radical (unpaired) electrons. The molecule has 2 aliphatic heterocycles. The van der Waals surface area contributed by atoms with Gasteiger partial charge in [-0.05, 0) is 62.1 Å². The summed E-state index contributed by atoms with van der Waals surface area (Å²) in [6.07, 6.45) is 1.10. The summed E-state index contributed by atoms with van der Waals surface area (Å²) >= 11 is 3.48. The van der Waals surface area contributed by atoms with Gasteiger partial charge in [0.05, 0.1) is 6.67 Å². The van der Waals surface area contributed by atoms with E-state index in [-0.39, 0.29) is 23.6 Å². The van der Waals surface area contributed by atoms with Gasteiger partial charge < -0.3 is 20.0 Å². The van der Waals surface area contributed by atoms with Gasteiger partial charge in [0.15, 0.2) is 0 Å². The van der Waals surface area contributed by atoms with Gasteiger partial charge in [0.1, 0.15) is 11.6 Å². The van der Waals surface area contributed by atoms with E-state index in [1.54, 1.807) is 15.9 Å². The molecule has 7 nitrogen and oxygen atoms in total. The standard InChI is InChI=1S/C27H33BrN4O3/c1-18(2)23(29-24(33)20-7-5-6-19(3)16-20)25(34)31-14-12-27(13-15-31)26(35)30(4)17-32(27)22-10-8-21(28)9-11-22/h5-11,16,18,23H,12-15,17H2,1-4H3,(H,29,33)/t23-/m1/s1. The van der Waals surface area contributed by atoms with E-state index >= 15 is 0 Å². The van der Waals surface area contributed by atoms with Gasteiger partial charge in [-0.25, -0.2) is 0 Å². The van der Waals surface area contributed by atoms with Crippen LogP contribution in [0.15, 0.2) is 53.0 Å². The van der Waals surface area contributed by atoms with Crippen LogP contribution in [-0.4, -0.2) is 65.9 Å². The van der Waals surface area contributed by atoms with Gasteiger partial charge in [-0.15, -0.1) is 0 Å². The smallest absolute Gasteiger partial charge is 0.251 e. The highest BCUT2D eigenvalue weighted by Gasteiger charge is 2.53. The van der Waals surface area contributed by atoms with Crippen LogP contribution in [0.1, 0.15) is 42.6 Å². The number of anilines is 1. The molecule has 0 unspecified atom stereocenters. The molecule has 2 aliphatic rings. The Morgan fingerprint density at radius 3 is 2.31 bits per heavy atom. The number of nitrogens with one attached hydrogen (secondary N) is 1. The first kappa shape index (κ1) is 25.2. The SMILES string of the molecule is Cc1cccc(C(=O)N[C@@H](C(=O)N2CCC3(CC2)C(=O)N(C)CN3c2ccc(Br)cc2)C(C)C)c1. The zero-order valence-corrected chi connectivity index (χ0v) is 22.3. The monoisotopic (exact) mass is 540 g/mol. The molecular formula is C27H33BrN4O3. The summed E-state index contributed by atoms with van der Waals surface area (Å²) < 4.78 is 0.988. The molecule has 0 saturated carbocycles. The molecule has 0 bridgehead atoms. The first-order chi connectivity index (χ1) is 16.6. The average molecular weight is 541 g/mol. The van der Waals surface area contributed by atoms with E-state index in [1.165, 1.54) is 0 Å². The minimum atomic E-state index is -0.655. The number of aryl methyl sites for hydroxylation is 1. The second-order valence-electron chi connectivity index (χ2n) is 9.97. The molecule has 35 heavy (non-hydrogen) atoms. The van der Waals surface area contributed by atoms with Crippen LogP contribution < -0.4 is 10.2 Å². The Labute approximate surface area is 215 Å². The number of likely N-dealkylation sites (tertiary alicyclic amines) is 1. The summed E-state index contributed by atoms with van der Waals surface area (Å²) in [6.45, 7) is 7.27. The summed E-state index contributed by atoms with van der Waals surface area (Å²) in [5, 5.41) is 2.95. The van der Waals surface area contributed by atoms with Crippen LogP contribution in [0.3, 0.4) is 0 Å². The van der Waals surface area contributed by atoms with Crippen LogP contribution in [0.25, 0.3) is 0 Å². The molecule has 1 N–H and O–H groups in total. The maximum absolute atomic E-state index is 13.5. The lowest BCUT2D eigenvalue weighted by Crippen LogP contribution is -2.60. The predicted octanol–water partition coefficient (Wildman–Crippen LogP) is 3.81. The fourth-order valence-electron chi connectivity index (χ4n) is 5.13. The highest BCUT2D eigenvalue weighted by atomic mass is 79.9. The van der Waals surface area contributed by atoms with E-state index < -0.39 is 11.6 Å². The van der Waals surface area contributed by atoms with E-state index in [4.69, 9.17) is 0 Å². The van der Waals surface area contributed by atoms with E-state index in [9.17, 15) is 14.4 Å². The Morgan fingerprint density at radius 2 is 1.71 bits per heavy atom. The van der Waals surface area contributed by atoms with Crippen molar-refractivity contribution in [1.82, 2.24) is 15.1 Å². The second kappa shape index (κ2) is 10.0. The van der Waals surface area contributed by atoms with Gasteiger partial charge in [-0.3, -0.25) is 14.4 Å². The number of hydrogen-bond acceptors (Lipinski definition) is 4. The van der Waals surface area contributed by atoms with E-state index in [2.05, 4.69) is 26.1 Å². The summed E-state index contributed by atoms with van der Waals surface area (Å²) in [7, 11) is 1.83. The molecule has 8 heteroatoms. The first-order valence-corrected chi connectivity index (χ1v) is 12.9. The minimum absolute atomic E-state index is 0.0642. The summed E-state index contributed by atoms with van der Waals surface area (Å²) in [6, 6.07) is 14.7. The molecule has 2 heterocycles. The van der Waals surface area contributed by atoms with Crippen LogP contribution in [-0.2, 0) is 9.59 Å². The van der Waals surface area contributed by atoms with Crippen molar-refractivity contribution in [2.45, 2.75) is 45.2 Å². The Balaban J connectivity index is 1.48. The highest BCUT2D eigenvalue weighted by molar-refractivity contribution is 9.10. The number of benzene rings is 2. The molecule has 4 rings (SSSR count). The first-order valence-electron chi connectivity index (χ1n) is 12.1. The number of nitrogens with zero attached hydrogens (tertiary/aromatic N) is 3. The van der Waals surface area contributed by atoms with Crippen molar-refractivity contribution >= 4 is 39.3 Å². The molecular weight excluding hydrogens is 508 g/mol. The molecule has 0 aromatic heterocycles. The zero-order chi connectivity index (χ0) is 25.3. The Kier molecular flexibility index (Phi) is 7.22. The van der Waals surface area contributed by atoms with Crippen molar-refractivity contribution < 1.29 is 14.4 Å². The number of piperidine rings is 1. The number of carbonyl (C=O) groups excluding carboxylic acids is 3. The van der Waals surface area contributed by atoms with Gasteiger partial charge in [-0.1, -0.05) is 47.5 Å². The van der Waals surface area contributed by atoms with E-state index in [1.807, 2.05) is 70.3 Å². The van der Waals surface area contributed by atoms with Crippen LogP contribution in [0.5, 0.6) is 0 Å². The van der Waals surface area contributed by atoms with Crippen molar-refractivity contribution in [2.75, 3.05) is 31.7 Å². The Hall–Kier alpha value is -2.87. The predicted molar refractivity (Wildman–Crippen MR) is 140 cm³/mol. The largest absolute Gasteiger partial charge is 0.341 e. The van der Waals surface area contributed by atoms with Crippen molar-refractivity contribution in [2.24, 2.45) is 5.92 Å². The molecule has 0 aliphatic carbocycles. The normalized spacial score (nSPS) is 18.3. The molecule has 186 valence electrons. The number of halogens is 1. The van der Waals surface area contributed by atoms with Crippen molar-refractivity contribution in [3.05, 3.63) is 64.1 Å². The van der Waals surface area contributed by atoms with Gasteiger partial charge in [0.2, 0.25) is 11.8 Å². The van der Waals surface area contributed by atoms with Gasteiger partial charge in [0.25, 0.3) is 5.91 Å². The zero-order valence-electron chi connectivity index (χ0n) is 20.8. The molecule has 2 aromatic carbocycles. The average Bonchev–Trinajstić information content (AvgIpc) is 3.07. The lowest BCUT2D eigenvalue weighted by atomic mass is 9.85. The maximum atomic E-state index is 13.5. The Bertz CT molecular complexity index is 1110. The van der Waals surface area contributed by atoms with E-state index in [0.717, 1.165) is 15.7 Å². The number of amides is 3. The number of hydrogen-bond donors (Lipinski definition) is 1. The summed E-state index contributed by atoms with van der Waals surface area (Å²) in [5.41, 5.74) is 1.88. The molecule has 1 spiro atoms.